The van der Waals surface area contributed by atoms with Gasteiger partial charge in [-0.05, 0) is 37.1 Å². The predicted molar refractivity (Wildman–Crippen MR) is 109 cm³/mol. The Morgan fingerprint density at radius 3 is 2.79 bits per heavy atom. The normalized spacial score (nSPS) is 16.1. The van der Waals surface area contributed by atoms with Crippen LogP contribution in [0.1, 0.15) is 23.2 Å². The smallest absolute Gasteiger partial charge is 0.257 e. The molecule has 1 atom stereocenters. The third-order valence-corrected chi connectivity index (χ3v) is 5.77. The number of nitrogens with one attached hydrogen (secondary N) is 1. The van der Waals surface area contributed by atoms with Crippen molar-refractivity contribution in [2.45, 2.75) is 18.9 Å². The maximum absolute atomic E-state index is 14.0. The van der Waals surface area contributed by atoms with Crippen LogP contribution in [0.15, 0.2) is 48.5 Å². The lowest BCUT2D eigenvalue weighted by molar-refractivity contribution is -0.119. The Morgan fingerprint density at radius 2 is 2.00 bits per heavy atom. The van der Waals surface area contributed by atoms with Crippen molar-refractivity contribution in [2.24, 2.45) is 0 Å². The Kier molecular flexibility index (Phi) is 5.55. The highest BCUT2D eigenvalue weighted by atomic mass is 35.5. The van der Waals surface area contributed by atoms with E-state index in [9.17, 15) is 14.0 Å². The predicted octanol–water partition coefficient (Wildman–Crippen LogP) is 4.24. The van der Waals surface area contributed by atoms with E-state index < -0.39 is 17.8 Å². The average Bonchev–Trinajstić information content (AvgIpc) is 3.37. The Bertz CT molecular complexity index is 1070. The van der Waals surface area contributed by atoms with E-state index in [4.69, 9.17) is 11.6 Å². The Hall–Kier alpha value is -2.84. The second-order valence-corrected chi connectivity index (χ2v) is 7.96. The summed E-state index contributed by atoms with van der Waals surface area (Å²) in [5.41, 5.74) is 0.763. The highest BCUT2D eigenvalue weighted by Gasteiger charge is 2.35. The molecule has 0 spiro atoms. The summed E-state index contributed by atoms with van der Waals surface area (Å²) in [6, 6.07) is 12.3. The van der Waals surface area contributed by atoms with Crippen molar-refractivity contribution in [1.29, 1.82) is 0 Å². The van der Waals surface area contributed by atoms with Gasteiger partial charge in [-0.25, -0.2) is 4.39 Å². The lowest BCUT2D eigenvalue weighted by Crippen LogP contribution is -2.43. The van der Waals surface area contributed by atoms with Gasteiger partial charge in [0, 0.05) is 17.1 Å². The maximum Gasteiger partial charge on any atom is 0.257 e. The number of anilines is 1. The van der Waals surface area contributed by atoms with Gasteiger partial charge in [0.05, 0.1) is 5.56 Å². The zero-order chi connectivity index (χ0) is 20.4. The van der Waals surface area contributed by atoms with Gasteiger partial charge in [0.25, 0.3) is 5.91 Å². The van der Waals surface area contributed by atoms with Crippen LogP contribution in [0.3, 0.4) is 0 Å². The lowest BCUT2D eigenvalue weighted by Gasteiger charge is -2.23. The molecule has 0 radical (unpaired) electrons. The quantitative estimate of drug-likeness (QED) is 0.671. The summed E-state index contributed by atoms with van der Waals surface area (Å²) in [6.07, 6.45) is 1.17. The minimum Gasteiger partial charge on any atom is -0.327 e. The number of halogens is 2. The molecule has 1 aliphatic heterocycles. The van der Waals surface area contributed by atoms with E-state index in [1.165, 1.54) is 34.4 Å². The molecule has 2 aromatic carbocycles. The summed E-state index contributed by atoms with van der Waals surface area (Å²) in [7, 11) is 0. The Morgan fingerprint density at radius 1 is 1.17 bits per heavy atom. The lowest BCUT2D eigenvalue weighted by atomic mass is 10.1. The van der Waals surface area contributed by atoms with E-state index >= 15 is 0 Å². The third kappa shape index (κ3) is 4.13. The van der Waals surface area contributed by atoms with Gasteiger partial charge in [0.15, 0.2) is 0 Å². The van der Waals surface area contributed by atoms with Crippen LogP contribution in [0.2, 0.25) is 5.02 Å². The minimum absolute atomic E-state index is 0.0358. The van der Waals surface area contributed by atoms with Crippen molar-refractivity contribution < 1.29 is 14.0 Å². The van der Waals surface area contributed by atoms with Crippen LogP contribution in [0.4, 0.5) is 9.52 Å². The standard InChI is InChI=1S/C20H16ClFN4O2S/c21-13-6-3-5-12(11-13)18-24-25-20(29-18)23-17(27)16-9-4-10-26(16)19(28)14-7-1-2-8-15(14)22/h1-3,5-8,11,16H,4,9-10H2,(H,23,25,27). The fourth-order valence-corrected chi connectivity index (χ4v) is 4.21. The Labute approximate surface area is 175 Å². The molecule has 1 aliphatic rings. The molecule has 9 heteroatoms. The van der Waals surface area contributed by atoms with Gasteiger partial charge in [-0.2, -0.15) is 0 Å². The van der Waals surface area contributed by atoms with Crippen molar-refractivity contribution in [2.75, 3.05) is 11.9 Å². The molecule has 1 aromatic heterocycles. The fourth-order valence-electron chi connectivity index (χ4n) is 3.27. The maximum atomic E-state index is 14.0. The van der Waals surface area contributed by atoms with Crippen LogP contribution < -0.4 is 5.32 Å². The summed E-state index contributed by atoms with van der Waals surface area (Å²) >= 11 is 7.22. The molecule has 2 heterocycles. The number of benzene rings is 2. The highest BCUT2D eigenvalue weighted by Crippen LogP contribution is 2.29. The van der Waals surface area contributed by atoms with Gasteiger partial charge < -0.3 is 4.90 Å². The molecule has 148 valence electrons. The molecule has 4 rings (SSSR count). The molecular formula is C20H16ClFN4O2S. The third-order valence-electron chi connectivity index (χ3n) is 4.65. The second kappa shape index (κ2) is 8.26. The average molecular weight is 431 g/mol. The molecule has 0 bridgehead atoms. The van der Waals surface area contributed by atoms with E-state index in [2.05, 4.69) is 15.5 Å². The van der Waals surface area contributed by atoms with Crippen LogP contribution in [0.5, 0.6) is 0 Å². The van der Waals surface area contributed by atoms with E-state index in [1.54, 1.807) is 18.2 Å². The molecule has 0 aliphatic carbocycles. The first kappa shape index (κ1) is 19.5. The van der Waals surface area contributed by atoms with E-state index in [-0.39, 0.29) is 11.5 Å². The van der Waals surface area contributed by atoms with E-state index in [0.717, 1.165) is 5.56 Å². The highest BCUT2D eigenvalue weighted by molar-refractivity contribution is 7.18. The number of carbonyl (C=O) groups is 2. The number of hydrogen-bond acceptors (Lipinski definition) is 5. The minimum atomic E-state index is -0.680. The number of likely N-dealkylation sites (tertiary alicyclic amines) is 1. The largest absolute Gasteiger partial charge is 0.327 e. The zero-order valence-corrected chi connectivity index (χ0v) is 16.7. The summed E-state index contributed by atoms with van der Waals surface area (Å²) in [4.78, 5) is 26.9. The fraction of sp³-hybridized carbons (Fsp3) is 0.200. The number of hydrogen-bond donors (Lipinski definition) is 1. The molecule has 1 fully saturated rings. The van der Waals surface area contributed by atoms with Gasteiger partial charge in [0.1, 0.15) is 16.9 Å². The number of aromatic nitrogens is 2. The van der Waals surface area contributed by atoms with Gasteiger partial charge in [-0.3, -0.25) is 14.9 Å². The van der Waals surface area contributed by atoms with E-state index in [1.807, 2.05) is 12.1 Å². The number of nitrogens with zero attached hydrogens (tertiary/aromatic N) is 3. The van der Waals surface area contributed by atoms with Gasteiger partial charge in [-0.1, -0.05) is 47.2 Å². The van der Waals surface area contributed by atoms with Crippen molar-refractivity contribution in [3.05, 3.63) is 64.9 Å². The molecule has 1 saturated heterocycles. The molecule has 3 aromatic rings. The summed E-state index contributed by atoms with van der Waals surface area (Å²) in [5, 5.41) is 12.3. The van der Waals surface area contributed by atoms with Crippen molar-refractivity contribution in [3.8, 4) is 10.6 Å². The first-order chi connectivity index (χ1) is 14.0. The van der Waals surface area contributed by atoms with Crippen molar-refractivity contribution >= 4 is 39.9 Å². The monoisotopic (exact) mass is 430 g/mol. The molecular weight excluding hydrogens is 415 g/mol. The Balaban J connectivity index is 1.48. The number of amides is 2. The summed E-state index contributed by atoms with van der Waals surface area (Å²) < 4.78 is 14.0. The zero-order valence-electron chi connectivity index (χ0n) is 15.1. The SMILES string of the molecule is O=C(Nc1nnc(-c2cccc(Cl)c2)s1)C1CCCN1C(=O)c1ccccc1F. The van der Waals surface area contributed by atoms with Gasteiger partial charge in [-0.15, -0.1) is 10.2 Å². The van der Waals surface area contributed by atoms with Crippen LogP contribution in [-0.2, 0) is 4.79 Å². The van der Waals surface area contributed by atoms with Crippen molar-refractivity contribution in [1.82, 2.24) is 15.1 Å². The number of rotatable bonds is 4. The molecule has 6 nitrogen and oxygen atoms in total. The van der Waals surface area contributed by atoms with Crippen molar-refractivity contribution in [3.63, 3.8) is 0 Å². The van der Waals surface area contributed by atoms with E-state index in [0.29, 0.717) is 34.5 Å². The topological polar surface area (TPSA) is 75.2 Å². The summed E-state index contributed by atoms with van der Waals surface area (Å²) in [6.45, 7) is 0.398. The molecule has 1 unspecified atom stereocenters. The first-order valence-electron chi connectivity index (χ1n) is 8.99. The van der Waals surface area contributed by atoms with Crippen LogP contribution in [0, 0.1) is 5.82 Å². The van der Waals surface area contributed by atoms with Crippen LogP contribution in [0.25, 0.3) is 10.6 Å². The first-order valence-corrected chi connectivity index (χ1v) is 10.2. The second-order valence-electron chi connectivity index (χ2n) is 6.55. The molecule has 0 saturated carbocycles. The molecule has 2 amide bonds. The molecule has 1 N–H and O–H groups in total. The van der Waals surface area contributed by atoms with Gasteiger partial charge >= 0.3 is 0 Å². The summed E-state index contributed by atoms with van der Waals surface area (Å²) in [5.74, 6) is -1.45. The molecule has 29 heavy (non-hydrogen) atoms. The van der Waals surface area contributed by atoms with Gasteiger partial charge in [0.2, 0.25) is 11.0 Å². The van der Waals surface area contributed by atoms with Crippen LogP contribution in [-0.4, -0.2) is 39.5 Å². The number of carbonyl (C=O) groups excluding carboxylic acids is 2. The van der Waals surface area contributed by atoms with Crippen LogP contribution >= 0.6 is 22.9 Å².